The number of hydrogen-bond donors (Lipinski definition) is 0. The molecule has 4 nitrogen and oxygen atoms in total. The molecule has 21 heavy (non-hydrogen) atoms. The van der Waals surface area contributed by atoms with Gasteiger partial charge >= 0.3 is 0 Å². The fraction of sp³-hybridized carbons (Fsp3) is 0. The lowest BCUT2D eigenvalue weighted by molar-refractivity contribution is 0.103. The molecule has 0 amide bonds. The van der Waals surface area contributed by atoms with E-state index in [1.807, 2.05) is 30.3 Å². The topological polar surface area (TPSA) is 47.8 Å². The molecule has 0 saturated heterocycles. The first-order valence-electron chi connectivity index (χ1n) is 6.12. The number of para-hydroxylation sites is 1. The van der Waals surface area contributed by atoms with Crippen molar-refractivity contribution in [1.29, 1.82) is 0 Å². The van der Waals surface area contributed by atoms with E-state index in [-0.39, 0.29) is 11.5 Å². The molecule has 0 aliphatic heterocycles. The minimum absolute atomic E-state index is 0.247. The number of rotatable bonds is 3. The van der Waals surface area contributed by atoms with Crippen molar-refractivity contribution in [3.05, 3.63) is 76.0 Å². The van der Waals surface area contributed by atoms with Gasteiger partial charge in [-0.15, -0.1) is 5.10 Å². The summed E-state index contributed by atoms with van der Waals surface area (Å²) < 4.78 is 0. The van der Waals surface area contributed by atoms with E-state index in [1.54, 1.807) is 12.1 Å². The molecule has 6 heteroatoms. The fourth-order valence-corrected chi connectivity index (χ4v) is 2.14. The van der Waals surface area contributed by atoms with Crippen LogP contribution in [0.4, 0.5) is 0 Å². The molecule has 0 fully saturated rings. The molecular weight excluding hydrogens is 309 g/mol. The number of nitrogens with zero attached hydrogens (tertiary/aromatic N) is 3. The Bertz CT molecular complexity index is 800. The van der Waals surface area contributed by atoms with Crippen LogP contribution in [0.3, 0.4) is 0 Å². The standard InChI is InChI=1S/C15H9Cl2N3O/c16-12-7-6-10(8-13(12)17)15(21)14-9-18-20(19-14)11-4-2-1-3-5-11/h1-9H. The number of benzene rings is 2. The molecule has 0 aliphatic rings. The predicted molar refractivity (Wildman–Crippen MR) is 81.3 cm³/mol. The number of hydrogen-bond acceptors (Lipinski definition) is 3. The zero-order valence-corrected chi connectivity index (χ0v) is 12.2. The highest BCUT2D eigenvalue weighted by molar-refractivity contribution is 6.42. The fourth-order valence-electron chi connectivity index (χ4n) is 1.84. The molecule has 0 bridgehead atoms. The van der Waals surface area contributed by atoms with Crippen molar-refractivity contribution in [2.45, 2.75) is 0 Å². The molecule has 1 heterocycles. The summed E-state index contributed by atoms with van der Waals surface area (Å²) in [4.78, 5) is 13.7. The van der Waals surface area contributed by atoms with Crippen LogP contribution in [-0.2, 0) is 0 Å². The van der Waals surface area contributed by atoms with Crippen LogP contribution in [-0.4, -0.2) is 20.8 Å². The van der Waals surface area contributed by atoms with Gasteiger partial charge in [0.2, 0.25) is 5.78 Å². The van der Waals surface area contributed by atoms with Gasteiger partial charge in [-0.25, -0.2) is 0 Å². The van der Waals surface area contributed by atoms with E-state index in [0.717, 1.165) is 5.69 Å². The Morgan fingerprint density at radius 2 is 1.76 bits per heavy atom. The third kappa shape index (κ3) is 2.82. The summed E-state index contributed by atoms with van der Waals surface area (Å²) in [7, 11) is 0. The molecule has 0 radical (unpaired) electrons. The molecule has 0 spiro atoms. The predicted octanol–water partition coefficient (Wildman–Crippen LogP) is 3.81. The van der Waals surface area contributed by atoms with Gasteiger partial charge in [-0.05, 0) is 30.3 Å². The first-order chi connectivity index (χ1) is 10.1. The molecule has 0 saturated carbocycles. The largest absolute Gasteiger partial charge is 0.287 e. The van der Waals surface area contributed by atoms with Gasteiger partial charge in [0, 0.05) is 5.56 Å². The molecule has 0 atom stereocenters. The monoisotopic (exact) mass is 317 g/mol. The maximum absolute atomic E-state index is 12.3. The lowest BCUT2D eigenvalue weighted by atomic mass is 10.1. The first kappa shape index (κ1) is 13.8. The summed E-state index contributed by atoms with van der Waals surface area (Å²) in [6, 6.07) is 14.1. The molecule has 3 rings (SSSR count). The van der Waals surface area contributed by atoms with Gasteiger partial charge in [0.05, 0.1) is 21.9 Å². The number of aromatic nitrogens is 3. The van der Waals surface area contributed by atoms with E-state index in [1.165, 1.54) is 17.1 Å². The molecule has 2 aromatic carbocycles. The van der Waals surface area contributed by atoms with Crippen molar-refractivity contribution >= 4 is 29.0 Å². The highest BCUT2D eigenvalue weighted by atomic mass is 35.5. The smallest absolute Gasteiger partial charge is 0.214 e. The van der Waals surface area contributed by atoms with Crippen molar-refractivity contribution in [1.82, 2.24) is 15.0 Å². The lowest BCUT2D eigenvalue weighted by Gasteiger charge is -2.00. The van der Waals surface area contributed by atoms with Crippen LogP contribution in [0.5, 0.6) is 0 Å². The average Bonchev–Trinajstić information content (AvgIpc) is 3.00. The van der Waals surface area contributed by atoms with Crippen molar-refractivity contribution in [3.8, 4) is 5.69 Å². The second kappa shape index (κ2) is 5.68. The minimum Gasteiger partial charge on any atom is -0.287 e. The number of carbonyl (C=O) groups is 1. The molecule has 0 unspecified atom stereocenters. The van der Waals surface area contributed by atoms with Crippen LogP contribution < -0.4 is 0 Å². The highest BCUT2D eigenvalue weighted by Gasteiger charge is 2.15. The van der Waals surface area contributed by atoms with Crippen LogP contribution in [0, 0.1) is 0 Å². The van der Waals surface area contributed by atoms with Gasteiger partial charge in [0.15, 0.2) is 5.69 Å². The molecule has 0 N–H and O–H groups in total. The van der Waals surface area contributed by atoms with E-state index in [0.29, 0.717) is 15.6 Å². The molecule has 0 aliphatic carbocycles. The Morgan fingerprint density at radius 1 is 1.00 bits per heavy atom. The number of carbonyl (C=O) groups excluding carboxylic acids is 1. The quantitative estimate of drug-likeness (QED) is 0.690. The Labute approximate surface area is 130 Å². The summed E-state index contributed by atoms with van der Waals surface area (Å²) in [6.07, 6.45) is 1.43. The van der Waals surface area contributed by atoms with Gasteiger partial charge in [0.1, 0.15) is 0 Å². The summed E-state index contributed by atoms with van der Waals surface area (Å²) >= 11 is 11.8. The second-order valence-corrected chi connectivity index (χ2v) is 5.13. The van der Waals surface area contributed by atoms with Gasteiger partial charge in [-0.3, -0.25) is 4.79 Å². The maximum Gasteiger partial charge on any atom is 0.214 e. The summed E-state index contributed by atoms with van der Waals surface area (Å²) in [6.45, 7) is 0. The Hall–Kier alpha value is -2.17. The van der Waals surface area contributed by atoms with E-state index >= 15 is 0 Å². The number of halogens is 2. The van der Waals surface area contributed by atoms with E-state index < -0.39 is 0 Å². The minimum atomic E-state index is -0.254. The van der Waals surface area contributed by atoms with Crippen LogP contribution in [0.25, 0.3) is 5.69 Å². The normalized spacial score (nSPS) is 10.6. The summed E-state index contributed by atoms with van der Waals surface area (Å²) in [5.41, 5.74) is 1.45. The third-order valence-electron chi connectivity index (χ3n) is 2.89. The third-order valence-corrected chi connectivity index (χ3v) is 3.63. The molecule has 1 aromatic heterocycles. The maximum atomic E-state index is 12.3. The van der Waals surface area contributed by atoms with E-state index in [2.05, 4.69) is 10.2 Å². The first-order valence-corrected chi connectivity index (χ1v) is 6.88. The molecule has 3 aromatic rings. The van der Waals surface area contributed by atoms with Gasteiger partial charge in [0.25, 0.3) is 0 Å². The Kier molecular flexibility index (Phi) is 3.73. The van der Waals surface area contributed by atoms with Crippen molar-refractivity contribution in [3.63, 3.8) is 0 Å². The van der Waals surface area contributed by atoms with Crippen LogP contribution in [0.1, 0.15) is 16.1 Å². The Morgan fingerprint density at radius 3 is 2.48 bits per heavy atom. The summed E-state index contributed by atoms with van der Waals surface area (Å²) in [5, 5.41) is 9.02. The van der Waals surface area contributed by atoms with Crippen LogP contribution >= 0.6 is 23.2 Å². The van der Waals surface area contributed by atoms with Gasteiger partial charge < -0.3 is 0 Å². The highest BCUT2D eigenvalue weighted by Crippen LogP contribution is 2.23. The average molecular weight is 318 g/mol. The van der Waals surface area contributed by atoms with Crippen LogP contribution in [0.15, 0.2) is 54.7 Å². The van der Waals surface area contributed by atoms with Gasteiger partial charge in [-0.1, -0.05) is 41.4 Å². The zero-order valence-electron chi connectivity index (χ0n) is 10.7. The second-order valence-electron chi connectivity index (χ2n) is 4.31. The molecule has 104 valence electrons. The van der Waals surface area contributed by atoms with E-state index in [4.69, 9.17) is 23.2 Å². The number of ketones is 1. The Balaban J connectivity index is 1.92. The van der Waals surface area contributed by atoms with Crippen molar-refractivity contribution in [2.75, 3.05) is 0 Å². The lowest BCUT2D eigenvalue weighted by Crippen LogP contribution is -2.04. The van der Waals surface area contributed by atoms with E-state index in [9.17, 15) is 4.79 Å². The zero-order chi connectivity index (χ0) is 14.8. The molecular formula is C15H9Cl2N3O. The SMILES string of the molecule is O=C(c1ccc(Cl)c(Cl)c1)c1cnn(-c2ccccc2)n1. The summed E-state index contributed by atoms with van der Waals surface area (Å²) in [5.74, 6) is -0.254. The van der Waals surface area contributed by atoms with Gasteiger partial charge in [-0.2, -0.15) is 9.90 Å². The van der Waals surface area contributed by atoms with Crippen molar-refractivity contribution < 1.29 is 4.79 Å². The van der Waals surface area contributed by atoms with Crippen LogP contribution in [0.2, 0.25) is 10.0 Å². The van der Waals surface area contributed by atoms with Crippen molar-refractivity contribution in [2.24, 2.45) is 0 Å².